The van der Waals surface area contributed by atoms with E-state index in [4.69, 9.17) is 5.73 Å². The number of nitrogen functional groups attached to an aromatic ring is 1. The normalized spacial score (nSPS) is 10.4. The highest BCUT2D eigenvalue weighted by molar-refractivity contribution is 14.1. The molecule has 0 aliphatic carbocycles. The molecule has 2 rings (SSSR count). The number of nitrogens with two attached hydrogens (primary N) is 1. The van der Waals surface area contributed by atoms with Gasteiger partial charge in [0.2, 0.25) is 0 Å². The lowest BCUT2D eigenvalue weighted by Crippen LogP contribution is -2.16. The Balaban J connectivity index is 2.30. The molecule has 3 N–H and O–H groups in total. The van der Waals surface area contributed by atoms with Crippen molar-refractivity contribution in [2.24, 2.45) is 7.05 Å². The largest absolute Gasteiger partial charge is 0.394 e. The summed E-state index contributed by atoms with van der Waals surface area (Å²) in [7, 11) is 1.72. The number of aryl methyl sites for hydroxylation is 1. The van der Waals surface area contributed by atoms with Crippen LogP contribution in [-0.2, 0) is 7.05 Å². The van der Waals surface area contributed by atoms with Gasteiger partial charge in [0.05, 0.1) is 17.4 Å². The van der Waals surface area contributed by atoms with Crippen LogP contribution < -0.4 is 11.1 Å². The van der Waals surface area contributed by atoms with Crippen molar-refractivity contribution in [3.05, 3.63) is 38.0 Å². The number of benzene rings is 1. The predicted molar refractivity (Wildman–Crippen MR) is 82.4 cm³/mol. The standard InChI is InChI=1S/C11H10BrIN4O/c1-17-10(9(14)5-15-17)16-11(18)7-4-6(13)2-3-8(7)12/h2-5H,14H2,1H3,(H,16,18). The fourth-order valence-electron chi connectivity index (χ4n) is 1.45. The van der Waals surface area contributed by atoms with E-state index in [0.717, 1.165) is 8.04 Å². The minimum Gasteiger partial charge on any atom is -0.394 e. The summed E-state index contributed by atoms with van der Waals surface area (Å²) < 4.78 is 3.25. The summed E-state index contributed by atoms with van der Waals surface area (Å²) in [5.74, 6) is 0.265. The van der Waals surface area contributed by atoms with E-state index >= 15 is 0 Å². The quantitative estimate of drug-likeness (QED) is 0.733. The van der Waals surface area contributed by atoms with Gasteiger partial charge in [-0.2, -0.15) is 5.10 Å². The molecule has 0 saturated carbocycles. The number of nitrogens with one attached hydrogen (secondary N) is 1. The van der Waals surface area contributed by atoms with Gasteiger partial charge in [0.15, 0.2) is 5.82 Å². The third-order valence-electron chi connectivity index (χ3n) is 2.37. The van der Waals surface area contributed by atoms with Gasteiger partial charge in [-0.15, -0.1) is 0 Å². The molecule has 1 aromatic heterocycles. The Morgan fingerprint density at radius 2 is 2.28 bits per heavy atom. The third kappa shape index (κ3) is 2.66. The van der Waals surface area contributed by atoms with Gasteiger partial charge in [-0.3, -0.25) is 9.48 Å². The van der Waals surface area contributed by atoms with Crippen molar-refractivity contribution in [3.8, 4) is 0 Å². The Labute approximate surface area is 126 Å². The summed E-state index contributed by atoms with van der Waals surface area (Å²) in [5.41, 5.74) is 6.72. The van der Waals surface area contributed by atoms with Crippen molar-refractivity contribution >= 4 is 55.9 Å². The molecule has 2 aromatic rings. The van der Waals surface area contributed by atoms with Gasteiger partial charge in [0, 0.05) is 15.1 Å². The van der Waals surface area contributed by atoms with Crippen molar-refractivity contribution in [2.75, 3.05) is 11.1 Å². The van der Waals surface area contributed by atoms with Crippen LogP contribution in [-0.4, -0.2) is 15.7 Å². The number of hydrogen-bond donors (Lipinski definition) is 2. The van der Waals surface area contributed by atoms with Crippen molar-refractivity contribution in [3.63, 3.8) is 0 Å². The van der Waals surface area contributed by atoms with Gasteiger partial charge in [-0.05, 0) is 56.7 Å². The van der Waals surface area contributed by atoms with Crippen molar-refractivity contribution in [1.29, 1.82) is 0 Å². The number of rotatable bonds is 2. The molecule has 0 spiro atoms. The topological polar surface area (TPSA) is 72.9 Å². The molecular formula is C11H10BrIN4O. The van der Waals surface area contributed by atoms with Crippen LogP contribution in [0.3, 0.4) is 0 Å². The summed E-state index contributed by atoms with van der Waals surface area (Å²) in [5, 5.41) is 6.71. The Morgan fingerprint density at radius 3 is 2.89 bits per heavy atom. The van der Waals surface area contributed by atoms with Gasteiger partial charge >= 0.3 is 0 Å². The molecule has 18 heavy (non-hydrogen) atoms. The molecule has 0 aliphatic heterocycles. The number of carbonyl (C=O) groups excluding carboxylic acids is 1. The van der Waals surface area contributed by atoms with Crippen LogP contribution >= 0.6 is 38.5 Å². The molecule has 94 valence electrons. The number of nitrogens with zero attached hydrogens (tertiary/aromatic N) is 2. The maximum Gasteiger partial charge on any atom is 0.258 e. The van der Waals surface area contributed by atoms with Gasteiger partial charge in [0.25, 0.3) is 5.91 Å². The predicted octanol–water partition coefficient (Wildman–Crippen LogP) is 2.62. The Kier molecular flexibility index (Phi) is 3.91. The van der Waals surface area contributed by atoms with E-state index in [1.165, 1.54) is 10.9 Å². The minimum absolute atomic E-state index is 0.226. The molecule has 0 unspecified atom stereocenters. The van der Waals surface area contributed by atoms with Crippen LogP contribution in [0.25, 0.3) is 0 Å². The molecular weight excluding hydrogens is 411 g/mol. The summed E-state index contributed by atoms with van der Waals surface area (Å²) in [6.45, 7) is 0. The molecule has 1 aromatic carbocycles. The maximum absolute atomic E-state index is 12.1. The van der Waals surface area contributed by atoms with Crippen LogP contribution in [0, 0.1) is 3.57 Å². The van der Waals surface area contributed by atoms with E-state index in [2.05, 4.69) is 48.9 Å². The highest BCUT2D eigenvalue weighted by atomic mass is 127. The van der Waals surface area contributed by atoms with E-state index in [1.54, 1.807) is 13.1 Å². The van der Waals surface area contributed by atoms with Crippen molar-refractivity contribution < 1.29 is 4.79 Å². The first kappa shape index (κ1) is 13.3. The zero-order chi connectivity index (χ0) is 13.3. The lowest BCUT2D eigenvalue weighted by atomic mass is 10.2. The first-order chi connectivity index (χ1) is 8.49. The van der Waals surface area contributed by atoms with E-state index in [-0.39, 0.29) is 5.91 Å². The van der Waals surface area contributed by atoms with Crippen LogP contribution in [0.2, 0.25) is 0 Å². The van der Waals surface area contributed by atoms with Crippen molar-refractivity contribution in [2.45, 2.75) is 0 Å². The molecule has 5 nitrogen and oxygen atoms in total. The maximum atomic E-state index is 12.1. The lowest BCUT2D eigenvalue weighted by Gasteiger charge is -2.08. The molecule has 0 bridgehead atoms. The average Bonchev–Trinajstić information content (AvgIpc) is 2.64. The monoisotopic (exact) mass is 420 g/mol. The average molecular weight is 421 g/mol. The molecule has 1 amide bonds. The zero-order valence-corrected chi connectivity index (χ0v) is 13.2. The van der Waals surface area contributed by atoms with Crippen LogP contribution in [0.1, 0.15) is 10.4 Å². The molecule has 0 atom stereocenters. The third-order valence-corrected chi connectivity index (χ3v) is 3.73. The number of anilines is 2. The zero-order valence-electron chi connectivity index (χ0n) is 9.45. The van der Waals surface area contributed by atoms with E-state index in [1.807, 2.05) is 12.1 Å². The van der Waals surface area contributed by atoms with Gasteiger partial charge < -0.3 is 11.1 Å². The molecule has 0 radical (unpaired) electrons. The Hall–Kier alpha value is -1.09. The molecule has 1 heterocycles. The van der Waals surface area contributed by atoms with Crippen LogP contribution in [0.4, 0.5) is 11.5 Å². The summed E-state index contributed by atoms with van der Waals surface area (Å²) in [4.78, 5) is 12.1. The first-order valence-corrected chi connectivity index (χ1v) is 6.90. The lowest BCUT2D eigenvalue weighted by molar-refractivity contribution is 0.102. The number of halogens is 2. The minimum atomic E-state index is -0.226. The second-order valence-corrected chi connectivity index (χ2v) is 5.75. The Morgan fingerprint density at radius 1 is 1.56 bits per heavy atom. The number of aromatic nitrogens is 2. The molecule has 0 fully saturated rings. The van der Waals surface area contributed by atoms with Crippen LogP contribution in [0.5, 0.6) is 0 Å². The van der Waals surface area contributed by atoms with Gasteiger partial charge in [-0.1, -0.05) is 0 Å². The highest BCUT2D eigenvalue weighted by Crippen LogP contribution is 2.22. The molecule has 7 heteroatoms. The fourth-order valence-corrected chi connectivity index (χ4v) is 2.37. The summed E-state index contributed by atoms with van der Waals surface area (Å²) in [6.07, 6.45) is 1.50. The second-order valence-electron chi connectivity index (χ2n) is 3.65. The van der Waals surface area contributed by atoms with Gasteiger partial charge in [-0.25, -0.2) is 0 Å². The number of amides is 1. The fraction of sp³-hybridized carbons (Fsp3) is 0.0909. The molecule has 0 aliphatic rings. The van der Waals surface area contributed by atoms with Gasteiger partial charge in [0.1, 0.15) is 0 Å². The molecule has 0 saturated heterocycles. The summed E-state index contributed by atoms with van der Waals surface area (Å²) >= 11 is 5.51. The van der Waals surface area contributed by atoms with E-state index < -0.39 is 0 Å². The van der Waals surface area contributed by atoms with E-state index in [0.29, 0.717) is 17.1 Å². The smallest absolute Gasteiger partial charge is 0.258 e. The number of hydrogen-bond acceptors (Lipinski definition) is 3. The Bertz CT molecular complexity index is 592. The van der Waals surface area contributed by atoms with Crippen LogP contribution in [0.15, 0.2) is 28.9 Å². The first-order valence-electron chi connectivity index (χ1n) is 5.03. The second kappa shape index (κ2) is 5.27. The van der Waals surface area contributed by atoms with E-state index in [9.17, 15) is 4.79 Å². The highest BCUT2D eigenvalue weighted by Gasteiger charge is 2.14. The summed E-state index contributed by atoms with van der Waals surface area (Å²) in [6, 6.07) is 5.55. The number of carbonyl (C=O) groups is 1. The SMILES string of the molecule is Cn1ncc(N)c1NC(=O)c1cc(I)ccc1Br. The van der Waals surface area contributed by atoms with Crippen molar-refractivity contribution in [1.82, 2.24) is 9.78 Å².